The summed E-state index contributed by atoms with van der Waals surface area (Å²) in [6.45, 7) is 5.84. The largest absolute Gasteiger partial charge is 0.315 e. The van der Waals surface area contributed by atoms with E-state index in [-0.39, 0.29) is 5.82 Å². The van der Waals surface area contributed by atoms with Crippen LogP contribution < -0.4 is 5.32 Å². The van der Waals surface area contributed by atoms with Gasteiger partial charge in [0, 0.05) is 49.3 Å². The lowest BCUT2D eigenvalue weighted by Gasteiger charge is -2.50. The molecule has 1 aromatic rings. The van der Waals surface area contributed by atoms with E-state index in [1.165, 1.54) is 19.2 Å². The first-order valence-corrected chi connectivity index (χ1v) is 8.03. The molecule has 3 aliphatic heterocycles. The molecule has 3 heterocycles. The summed E-state index contributed by atoms with van der Waals surface area (Å²) in [5.41, 5.74) is 1.05. The molecule has 2 atom stereocenters. The van der Waals surface area contributed by atoms with Gasteiger partial charge in [0.15, 0.2) is 0 Å². The number of halogens is 2. The maximum Gasteiger partial charge on any atom is 0.124 e. The third-order valence-electron chi connectivity index (χ3n) is 4.53. The van der Waals surface area contributed by atoms with Gasteiger partial charge in [0.2, 0.25) is 0 Å². The Morgan fingerprint density at radius 2 is 2.05 bits per heavy atom. The maximum atomic E-state index is 13.5. The lowest BCUT2D eigenvalue weighted by Crippen LogP contribution is -2.66. The minimum absolute atomic E-state index is 0.168. The van der Waals surface area contributed by atoms with Gasteiger partial charge in [-0.3, -0.25) is 9.80 Å². The van der Waals surface area contributed by atoms with Crippen molar-refractivity contribution in [3.05, 3.63) is 34.1 Å². The molecule has 2 bridgehead atoms. The second kappa shape index (κ2) is 6.10. The van der Waals surface area contributed by atoms with Gasteiger partial charge in [-0.2, -0.15) is 0 Å². The number of nitrogens with zero attached hydrogens (tertiary/aromatic N) is 2. The molecule has 3 fully saturated rings. The predicted molar refractivity (Wildman–Crippen MR) is 82.5 cm³/mol. The van der Waals surface area contributed by atoms with Crippen LogP contribution in [-0.4, -0.2) is 61.7 Å². The standard InChI is InChI=1S/C15H21BrFN3/c1-18-14(8-11-6-12(16)9-13(17)7-11)15-10-19-2-4-20(15)5-3-19/h6-7,9,14-15,18H,2-5,8,10H2,1H3. The molecule has 110 valence electrons. The highest BCUT2D eigenvalue weighted by Crippen LogP contribution is 2.22. The van der Waals surface area contributed by atoms with Gasteiger partial charge in [0.25, 0.3) is 0 Å². The fourth-order valence-electron chi connectivity index (χ4n) is 3.45. The summed E-state index contributed by atoms with van der Waals surface area (Å²) in [6.07, 6.45) is 0.863. The van der Waals surface area contributed by atoms with Crippen molar-refractivity contribution in [2.75, 3.05) is 39.8 Å². The van der Waals surface area contributed by atoms with E-state index in [4.69, 9.17) is 0 Å². The van der Waals surface area contributed by atoms with Gasteiger partial charge < -0.3 is 5.32 Å². The normalized spacial score (nSPS) is 30.4. The topological polar surface area (TPSA) is 18.5 Å². The van der Waals surface area contributed by atoms with Crippen LogP contribution in [-0.2, 0) is 6.42 Å². The third-order valence-corrected chi connectivity index (χ3v) is 4.99. The number of hydrogen-bond donors (Lipinski definition) is 1. The van der Waals surface area contributed by atoms with Crippen molar-refractivity contribution in [2.45, 2.75) is 18.5 Å². The Balaban J connectivity index is 1.73. The van der Waals surface area contributed by atoms with Crippen LogP contribution in [0.1, 0.15) is 5.56 Å². The first-order chi connectivity index (χ1) is 9.65. The van der Waals surface area contributed by atoms with E-state index in [9.17, 15) is 4.39 Å². The second-order valence-electron chi connectivity index (χ2n) is 5.78. The molecule has 5 heteroatoms. The fourth-order valence-corrected chi connectivity index (χ4v) is 3.97. The van der Waals surface area contributed by atoms with Crippen LogP contribution >= 0.6 is 15.9 Å². The summed E-state index contributed by atoms with van der Waals surface area (Å²) >= 11 is 3.37. The van der Waals surface area contributed by atoms with Crippen molar-refractivity contribution in [2.24, 2.45) is 0 Å². The Kier molecular flexibility index (Phi) is 4.40. The van der Waals surface area contributed by atoms with Crippen LogP contribution in [0.25, 0.3) is 0 Å². The third kappa shape index (κ3) is 3.06. The molecule has 0 radical (unpaired) electrons. The van der Waals surface area contributed by atoms with Gasteiger partial charge in [-0.05, 0) is 37.2 Å². The molecule has 3 nitrogen and oxygen atoms in total. The summed E-state index contributed by atoms with van der Waals surface area (Å²) in [6, 6.07) is 6.07. The molecule has 0 aliphatic carbocycles. The van der Waals surface area contributed by atoms with Crippen molar-refractivity contribution in [1.29, 1.82) is 0 Å². The van der Waals surface area contributed by atoms with Gasteiger partial charge in [-0.15, -0.1) is 0 Å². The van der Waals surface area contributed by atoms with E-state index < -0.39 is 0 Å². The molecule has 0 aromatic heterocycles. The average Bonchev–Trinajstić information content (AvgIpc) is 2.45. The average molecular weight is 342 g/mol. The van der Waals surface area contributed by atoms with Crippen molar-refractivity contribution in [3.63, 3.8) is 0 Å². The second-order valence-corrected chi connectivity index (χ2v) is 6.70. The number of hydrogen-bond acceptors (Lipinski definition) is 3. The minimum Gasteiger partial charge on any atom is -0.315 e. The van der Waals surface area contributed by atoms with Crippen LogP contribution in [0.2, 0.25) is 0 Å². The number of fused-ring (bicyclic) bond motifs is 3. The van der Waals surface area contributed by atoms with Crippen LogP contribution in [0.5, 0.6) is 0 Å². The zero-order valence-corrected chi connectivity index (χ0v) is 13.4. The molecule has 1 aromatic carbocycles. The Labute approximate surface area is 128 Å². The lowest BCUT2D eigenvalue weighted by atomic mass is 9.94. The monoisotopic (exact) mass is 341 g/mol. The van der Waals surface area contributed by atoms with Crippen LogP contribution in [0.15, 0.2) is 22.7 Å². The lowest BCUT2D eigenvalue weighted by molar-refractivity contribution is -0.00202. The molecule has 20 heavy (non-hydrogen) atoms. The summed E-state index contributed by atoms with van der Waals surface area (Å²) < 4.78 is 14.3. The molecule has 0 spiro atoms. The highest BCUT2D eigenvalue weighted by atomic mass is 79.9. The molecule has 0 amide bonds. The summed E-state index contributed by atoms with van der Waals surface area (Å²) in [4.78, 5) is 5.12. The first-order valence-electron chi connectivity index (χ1n) is 7.24. The molecule has 2 unspecified atom stereocenters. The van der Waals surface area contributed by atoms with Gasteiger partial charge in [0.05, 0.1) is 0 Å². The Morgan fingerprint density at radius 1 is 1.30 bits per heavy atom. The smallest absolute Gasteiger partial charge is 0.124 e. The van der Waals surface area contributed by atoms with E-state index in [0.717, 1.165) is 36.1 Å². The van der Waals surface area contributed by atoms with Crippen molar-refractivity contribution >= 4 is 15.9 Å². The van der Waals surface area contributed by atoms with Crippen molar-refractivity contribution in [1.82, 2.24) is 15.1 Å². The number of rotatable bonds is 4. The Bertz CT molecular complexity index is 454. The SMILES string of the molecule is CNC(Cc1cc(F)cc(Br)c1)C1CN2CCN1CC2. The number of piperazine rings is 3. The van der Waals surface area contributed by atoms with Crippen molar-refractivity contribution in [3.8, 4) is 0 Å². The molecule has 0 saturated carbocycles. The van der Waals surface area contributed by atoms with Crippen LogP contribution in [0.3, 0.4) is 0 Å². The highest BCUT2D eigenvalue weighted by Gasteiger charge is 2.36. The van der Waals surface area contributed by atoms with Crippen molar-refractivity contribution < 1.29 is 4.39 Å². The molecule has 1 N–H and O–H groups in total. The van der Waals surface area contributed by atoms with Gasteiger partial charge >= 0.3 is 0 Å². The van der Waals surface area contributed by atoms with E-state index in [0.29, 0.717) is 12.1 Å². The molecule has 4 rings (SSSR count). The van der Waals surface area contributed by atoms with Crippen LogP contribution in [0, 0.1) is 5.82 Å². The van der Waals surface area contributed by atoms with Gasteiger partial charge in [-0.1, -0.05) is 15.9 Å². The van der Waals surface area contributed by atoms with Crippen LogP contribution in [0.4, 0.5) is 4.39 Å². The Morgan fingerprint density at radius 3 is 2.60 bits per heavy atom. The number of nitrogens with one attached hydrogen (secondary N) is 1. The molecular weight excluding hydrogens is 321 g/mol. The predicted octanol–water partition coefficient (Wildman–Crippen LogP) is 1.72. The molecular formula is C15H21BrFN3. The molecule has 3 saturated heterocycles. The number of likely N-dealkylation sites (N-methyl/N-ethyl adjacent to an activating group) is 1. The number of benzene rings is 1. The van der Waals surface area contributed by atoms with E-state index >= 15 is 0 Å². The van der Waals surface area contributed by atoms with E-state index in [1.54, 1.807) is 6.07 Å². The first kappa shape index (κ1) is 14.4. The van der Waals surface area contributed by atoms with E-state index in [1.807, 2.05) is 13.1 Å². The molecule has 3 aliphatic rings. The van der Waals surface area contributed by atoms with E-state index in [2.05, 4.69) is 31.0 Å². The fraction of sp³-hybridized carbons (Fsp3) is 0.600. The van der Waals surface area contributed by atoms with Gasteiger partial charge in [0.1, 0.15) is 5.82 Å². The maximum absolute atomic E-state index is 13.5. The highest BCUT2D eigenvalue weighted by molar-refractivity contribution is 9.10. The zero-order valence-electron chi connectivity index (χ0n) is 11.8. The zero-order chi connectivity index (χ0) is 14.1. The summed E-state index contributed by atoms with van der Waals surface area (Å²) in [5.74, 6) is -0.168. The summed E-state index contributed by atoms with van der Waals surface area (Å²) in [7, 11) is 2.01. The quantitative estimate of drug-likeness (QED) is 0.899. The summed E-state index contributed by atoms with van der Waals surface area (Å²) in [5, 5.41) is 3.44. The Hall–Kier alpha value is -0.490. The van der Waals surface area contributed by atoms with Gasteiger partial charge in [-0.25, -0.2) is 4.39 Å². The minimum atomic E-state index is -0.168.